The molecule has 1 aromatic heterocycles. The van der Waals surface area contributed by atoms with Gasteiger partial charge >= 0.3 is 0 Å². The Hall–Kier alpha value is -1.93. The molecular weight excluding hydrogens is 336 g/mol. The fourth-order valence-corrected chi connectivity index (χ4v) is 3.51. The van der Waals surface area contributed by atoms with Crippen molar-refractivity contribution in [2.24, 2.45) is 5.92 Å². The molecule has 1 atom stereocenters. The van der Waals surface area contributed by atoms with Crippen LogP contribution in [-0.4, -0.2) is 78.6 Å². The molecule has 2 aliphatic heterocycles. The normalized spacial score (nSPS) is 24.2. The highest BCUT2D eigenvalue weighted by Gasteiger charge is 2.31. The summed E-state index contributed by atoms with van der Waals surface area (Å²) in [4.78, 5) is 33.0. The van der Waals surface area contributed by atoms with Crippen LogP contribution in [0.4, 0.5) is 0 Å². The Morgan fingerprint density at radius 2 is 2.08 bits per heavy atom. The molecule has 8 nitrogen and oxygen atoms in total. The number of ether oxygens (including phenoxy) is 1. The average Bonchev–Trinajstić information content (AvgIpc) is 3.20. The van der Waals surface area contributed by atoms with Gasteiger partial charge in [-0.2, -0.15) is 0 Å². The summed E-state index contributed by atoms with van der Waals surface area (Å²) in [6.07, 6.45) is 5.01. The number of morpholine rings is 1. The van der Waals surface area contributed by atoms with E-state index < -0.39 is 0 Å². The molecule has 2 amide bonds. The quantitative estimate of drug-likeness (QED) is 0.750. The number of amides is 2. The van der Waals surface area contributed by atoms with Crippen molar-refractivity contribution >= 4 is 11.8 Å². The maximum Gasteiger partial charge on any atom is 0.273 e. The molecular formula is C18H26N4O4. The van der Waals surface area contributed by atoms with Crippen LogP contribution in [0.5, 0.6) is 0 Å². The van der Waals surface area contributed by atoms with Gasteiger partial charge in [0.15, 0.2) is 11.6 Å². The molecule has 1 saturated carbocycles. The first-order valence-corrected chi connectivity index (χ1v) is 9.50. The zero-order valence-corrected chi connectivity index (χ0v) is 15.0. The fraction of sp³-hybridized carbons (Fsp3) is 0.722. The van der Waals surface area contributed by atoms with E-state index in [2.05, 4.69) is 15.2 Å². The lowest BCUT2D eigenvalue weighted by atomic mass is 10.2. The number of nitrogens with zero attached hydrogens (tertiary/aromatic N) is 3. The lowest BCUT2D eigenvalue weighted by Gasteiger charge is -2.28. The predicted molar refractivity (Wildman–Crippen MR) is 92.6 cm³/mol. The summed E-state index contributed by atoms with van der Waals surface area (Å²) < 4.78 is 10.7. The van der Waals surface area contributed by atoms with Gasteiger partial charge in [0.05, 0.1) is 19.3 Å². The molecule has 0 aromatic carbocycles. The zero-order valence-electron chi connectivity index (χ0n) is 15.0. The first-order valence-electron chi connectivity index (χ1n) is 9.50. The Kier molecular flexibility index (Phi) is 5.21. The van der Waals surface area contributed by atoms with Gasteiger partial charge in [-0.1, -0.05) is 0 Å². The van der Waals surface area contributed by atoms with Crippen LogP contribution in [0.3, 0.4) is 0 Å². The molecule has 3 fully saturated rings. The fourth-order valence-electron chi connectivity index (χ4n) is 3.51. The van der Waals surface area contributed by atoms with Crippen molar-refractivity contribution in [3.05, 3.63) is 17.8 Å². The molecule has 26 heavy (non-hydrogen) atoms. The second-order valence-electron chi connectivity index (χ2n) is 7.44. The van der Waals surface area contributed by atoms with Crippen LogP contribution in [0.25, 0.3) is 0 Å². The van der Waals surface area contributed by atoms with E-state index in [1.54, 1.807) is 0 Å². The van der Waals surface area contributed by atoms with Crippen molar-refractivity contribution in [2.45, 2.75) is 31.7 Å². The summed E-state index contributed by atoms with van der Waals surface area (Å²) in [6, 6.07) is -0.164. The van der Waals surface area contributed by atoms with Crippen molar-refractivity contribution in [3.8, 4) is 0 Å². The third-order valence-corrected chi connectivity index (χ3v) is 5.28. The minimum Gasteiger partial charge on any atom is -0.448 e. The van der Waals surface area contributed by atoms with Crippen LogP contribution >= 0.6 is 0 Å². The molecule has 3 aliphatic rings. The molecule has 3 heterocycles. The number of nitrogens with one attached hydrogen (secondary N) is 1. The topological polar surface area (TPSA) is 87.9 Å². The van der Waals surface area contributed by atoms with E-state index in [0.717, 1.165) is 39.3 Å². The van der Waals surface area contributed by atoms with Crippen LogP contribution in [0.1, 0.15) is 35.6 Å². The lowest BCUT2D eigenvalue weighted by Crippen LogP contribution is -2.42. The van der Waals surface area contributed by atoms with Crippen molar-refractivity contribution in [3.63, 3.8) is 0 Å². The van der Waals surface area contributed by atoms with E-state index in [9.17, 15) is 9.59 Å². The summed E-state index contributed by atoms with van der Waals surface area (Å²) in [7, 11) is 0. The van der Waals surface area contributed by atoms with Crippen LogP contribution in [0, 0.1) is 5.92 Å². The highest BCUT2D eigenvalue weighted by atomic mass is 16.5. The molecule has 142 valence electrons. The third-order valence-electron chi connectivity index (χ3n) is 5.28. The molecule has 1 N–H and O–H groups in total. The number of carbonyl (C=O) groups excluding carboxylic acids is 2. The summed E-state index contributed by atoms with van der Waals surface area (Å²) in [5.41, 5.74) is 0.305. The Morgan fingerprint density at radius 1 is 1.27 bits per heavy atom. The van der Waals surface area contributed by atoms with Crippen LogP contribution in [0.2, 0.25) is 0 Å². The first-order chi connectivity index (χ1) is 12.7. The molecule has 1 aromatic rings. The number of oxazole rings is 1. The van der Waals surface area contributed by atoms with Crippen molar-refractivity contribution in [2.75, 3.05) is 45.9 Å². The number of carbonyl (C=O) groups is 2. The lowest BCUT2D eigenvalue weighted by molar-refractivity contribution is -0.128. The highest BCUT2D eigenvalue weighted by molar-refractivity contribution is 5.93. The van der Waals surface area contributed by atoms with Gasteiger partial charge in [0.2, 0.25) is 5.91 Å². The van der Waals surface area contributed by atoms with Gasteiger partial charge in [-0.3, -0.25) is 14.5 Å². The van der Waals surface area contributed by atoms with E-state index in [-0.39, 0.29) is 17.9 Å². The SMILES string of the molecule is O=C(N[C@@H]1CC(=O)N(CCN2CCOCC2)C1)c1coc(CC2CC2)n1. The smallest absolute Gasteiger partial charge is 0.273 e. The van der Waals surface area contributed by atoms with Gasteiger partial charge in [0, 0.05) is 45.6 Å². The summed E-state index contributed by atoms with van der Waals surface area (Å²) >= 11 is 0. The van der Waals surface area contributed by atoms with E-state index in [1.165, 1.54) is 19.1 Å². The summed E-state index contributed by atoms with van der Waals surface area (Å²) in [5.74, 6) is 1.13. The minimum absolute atomic E-state index is 0.0955. The van der Waals surface area contributed by atoms with E-state index in [0.29, 0.717) is 37.0 Å². The third kappa shape index (κ3) is 4.42. The zero-order chi connectivity index (χ0) is 17.9. The molecule has 0 bridgehead atoms. The maximum atomic E-state index is 12.3. The maximum absolute atomic E-state index is 12.3. The largest absolute Gasteiger partial charge is 0.448 e. The van der Waals surface area contributed by atoms with Gasteiger partial charge in [0.1, 0.15) is 6.26 Å². The molecule has 4 rings (SSSR count). The molecule has 8 heteroatoms. The Morgan fingerprint density at radius 3 is 2.85 bits per heavy atom. The molecule has 1 aliphatic carbocycles. The number of rotatable bonds is 7. The Balaban J connectivity index is 1.23. The minimum atomic E-state index is -0.261. The monoisotopic (exact) mass is 362 g/mol. The number of hydrogen-bond donors (Lipinski definition) is 1. The standard InChI is InChI=1S/C18H26N4O4/c23-17-10-14(11-22(17)4-3-21-5-7-25-8-6-21)19-18(24)15-12-26-16(20-15)9-13-1-2-13/h12-14H,1-11H2,(H,19,24)/t14-/m1/s1. The van der Waals surface area contributed by atoms with Crippen molar-refractivity contribution in [1.82, 2.24) is 20.1 Å². The van der Waals surface area contributed by atoms with Gasteiger partial charge in [0.25, 0.3) is 5.91 Å². The van der Waals surface area contributed by atoms with Crippen LogP contribution < -0.4 is 5.32 Å². The first kappa shape index (κ1) is 17.5. The number of likely N-dealkylation sites (tertiary alicyclic amines) is 1. The molecule has 0 unspecified atom stereocenters. The van der Waals surface area contributed by atoms with Crippen LogP contribution in [-0.2, 0) is 16.0 Å². The summed E-state index contributed by atoms with van der Waals surface area (Å²) in [5, 5.41) is 2.92. The second-order valence-corrected chi connectivity index (χ2v) is 7.44. The second kappa shape index (κ2) is 7.75. The molecule has 2 saturated heterocycles. The molecule has 0 radical (unpaired) electrons. The van der Waals surface area contributed by atoms with Gasteiger partial charge in [-0.15, -0.1) is 0 Å². The number of aromatic nitrogens is 1. The van der Waals surface area contributed by atoms with Gasteiger partial charge in [-0.05, 0) is 18.8 Å². The van der Waals surface area contributed by atoms with E-state index >= 15 is 0 Å². The number of hydrogen-bond acceptors (Lipinski definition) is 6. The van der Waals surface area contributed by atoms with Crippen molar-refractivity contribution in [1.29, 1.82) is 0 Å². The van der Waals surface area contributed by atoms with Gasteiger partial charge < -0.3 is 19.4 Å². The average molecular weight is 362 g/mol. The Bertz CT molecular complexity index is 651. The Labute approximate surface area is 152 Å². The van der Waals surface area contributed by atoms with E-state index in [1.807, 2.05) is 4.90 Å². The van der Waals surface area contributed by atoms with Crippen LogP contribution in [0.15, 0.2) is 10.7 Å². The summed E-state index contributed by atoms with van der Waals surface area (Å²) in [6.45, 7) is 5.45. The predicted octanol–water partition coefficient (Wildman–Crippen LogP) is 0.290. The van der Waals surface area contributed by atoms with E-state index in [4.69, 9.17) is 9.15 Å². The van der Waals surface area contributed by atoms with Gasteiger partial charge in [-0.25, -0.2) is 4.98 Å². The molecule has 0 spiro atoms. The highest BCUT2D eigenvalue weighted by Crippen LogP contribution is 2.32. The van der Waals surface area contributed by atoms with Crippen molar-refractivity contribution < 1.29 is 18.7 Å².